The molecule has 1 aromatic carbocycles. The van der Waals surface area contributed by atoms with Crippen LogP contribution in [0.3, 0.4) is 0 Å². The third kappa shape index (κ3) is 4.32. The number of aromatic nitrogens is 1. The van der Waals surface area contributed by atoms with Gasteiger partial charge < -0.3 is 10.6 Å². The van der Waals surface area contributed by atoms with Crippen LogP contribution in [0.5, 0.6) is 0 Å². The molecular weight excluding hydrogens is 349 g/mol. The van der Waals surface area contributed by atoms with Gasteiger partial charge in [0.05, 0.1) is 5.69 Å². The lowest BCUT2D eigenvalue weighted by atomic mass is 9.88. The van der Waals surface area contributed by atoms with Gasteiger partial charge in [0.15, 0.2) is 5.13 Å². The standard InChI is InChI=1S/C17H20FN3OS.ClH/c1-10(13-8-19-9-13)16(22)21-17-20-11(2)15(23-17)7-12-3-5-14(18)6-4-12;/h3-6,10,13,19H,7-9H2,1-2H3,(H,20,21,22);1H. The highest BCUT2D eigenvalue weighted by Crippen LogP contribution is 2.26. The Morgan fingerprint density at radius 2 is 2.08 bits per heavy atom. The van der Waals surface area contributed by atoms with E-state index in [-0.39, 0.29) is 30.0 Å². The molecule has 24 heavy (non-hydrogen) atoms. The number of thiazole rings is 1. The zero-order valence-corrected chi connectivity index (χ0v) is 15.3. The lowest BCUT2D eigenvalue weighted by Crippen LogP contribution is -2.48. The topological polar surface area (TPSA) is 54.0 Å². The van der Waals surface area contributed by atoms with Gasteiger partial charge in [-0.05, 0) is 43.6 Å². The Hall–Kier alpha value is -1.50. The summed E-state index contributed by atoms with van der Waals surface area (Å²) >= 11 is 1.49. The van der Waals surface area contributed by atoms with Gasteiger partial charge >= 0.3 is 0 Å². The number of hydrogen-bond acceptors (Lipinski definition) is 4. The molecule has 1 unspecified atom stereocenters. The third-order valence-corrected chi connectivity index (χ3v) is 5.41. The smallest absolute Gasteiger partial charge is 0.229 e. The van der Waals surface area contributed by atoms with Crippen LogP contribution in [0.25, 0.3) is 0 Å². The van der Waals surface area contributed by atoms with Gasteiger partial charge in [-0.25, -0.2) is 9.37 Å². The maximum absolute atomic E-state index is 13.0. The second kappa shape index (κ2) is 8.05. The molecule has 1 aliphatic rings. The van der Waals surface area contributed by atoms with Crippen molar-refractivity contribution >= 4 is 34.8 Å². The molecule has 2 aromatic rings. The van der Waals surface area contributed by atoms with Crippen molar-refractivity contribution < 1.29 is 9.18 Å². The maximum Gasteiger partial charge on any atom is 0.229 e. The molecule has 4 nitrogen and oxygen atoms in total. The average Bonchev–Trinajstić information content (AvgIpc) is 2.79. The van der Waals surface area contributed by atoms with E-state index in [2.05, 4.69) is 15.6 Å². The van der Waals surface area contributed by atoms with Crippen LogP contribution in [0.15, 0.2) is 24.3 Å². The van der Waals surface area contributed by atoms with Crippen LogP contribution in [-0.2, 0) is 11.2 Å². The van der Waals surface area contributed by atoms with Crippen LogP contribution in [0.1, 0.15) is 23.1 Å². The molecule has 130 valence electrons. The summed E-state index contributed by atoms with van der Waals surface area (Å²) in [6.45, 7) is 5.70. The molecule has 0 spiro atoms. The molecule has 0 aliphatic carbocycles. The van der Waals surface area contributed by atoms with Gasteiger partial charge in [0.1, 0.15) is 5.82 Å². The number of halogens is 2. The maximum atomic E-state index is 13.0. The van der Waals surface area contributed by atoms with Gasteiger partial charge in [-0.2, -0.15) is 0 Å². The van der Waals surface area contributed by atoms with Crippen molar-refractivity contribution in [3.63, 3.8) is 0 Å². The first kappa shape index (κ1) is 18.8. The van der Waals surface area contributed by atoms with E-state index in [0.29, 0.717) is 17.5 Å². The molecule has 7 heteroatoms. The summed E-state index contributed by atoms with van der Waals surface area (Å²) in [5.41, 5.74) is 1.94. The molecule has 0 radical (unpaired) electrons. The molecule has 1 aromatic heterocycles. The molecule has 2 N–H and O–H groups in total. The van der Waals surface area contributed by atoms with Crippen molar-refractivity contribution in [2.45, 2.75) is 20.3 Å². The van der Waals surface area contributed by atoms with Crippen LogP contribution in [0.2, 0.25) is 0 Å². The van der Waals surface area contributed by atoms with E-state index in [4.69, 9.17) is 0 Å². The molecule has 1 aliphatic heterocycles. The van der Waals surface area contributed by atoms with Gasteiger partial charge in [-0.1, -0.05) is 19.1 Å². The van der Waals surface area contributed by atoms with Crippen molar-refractivity contribution in [3.8, 4) is 0 Å². The summed E-state index contributed by atoms with van der Waals surface area (Å²) in [4.78, 5) is 17.8. The van der Waals surface area contributed by atoms with Crippen molar-refractivity contribution in [2.75, 3.05) is 18.4 Å². The summed E-state index contributed by atoms with van der Waals surface area (Å²) in [6, 6.07) is 6.47. The third-order valence-electron chi connectivity index (χ3n) is 4.33. The van der Waals surface area contributed by atoms with E-state index in [1.807, 2.05) is 13.8 Å². The fourth-order valence-corrected chi connectivity index (χ4v) is 3.53. The number of aryl methyl sites for hydroxylation is 1. The predicted octanol–water partition coefficient (Wildman–Crippen LogP) is 3.40. The van der Waals surface area contributed by atoms with Crippen molar-refractivity contribution in [1.82, 2.24) is 10.3 Å². The Balaban J connectivity index is 0.00000208. The molecule has 1 atom stereocenters. The zero-order chi connectivity index (χ0) is 16.4. The first-order chi connectivity index (χ1) is 11.0. The quantitative estimate of drug-likeness (QED) is 0.849. The van der Waals surface area contributed by atoms with E-state index in [0.717, 1.165) is 29.2 Å². The molecule has 1 fully saturated rings. The van der Waals surface area contributed by atoms with Crippen molar-refractivity contribution in [2.24, 2.45) is 11.8 Å². The van der Waals surface area contributed by atoms with Gasteiger partial charge in [0.2, 0.25) is 5.91 Å². The summed E-state index contributed by atoms with van der Waals surface area (Å²) in [6.07, 6.45) is 0.696. The van der Waals surface area contributed by atoms with Crippen LogP contribution in [-0.4, -0.2) is 24.0 Å². The van der Waals surface area contributed by atoms with E-state index in [1.54, 1.807) is 12.1 Å². The summed E-state index contributed by atoms with van der Waals surface area (Å²) < 4.78 is 13.0. The molecule has 0 bridgehead atoms. The fourth-order valence-electron chi connectivity index (χ4n) is 2.53. The Kier molecular flexibility index (Phi) is 6.32. The molecule has 1 saturated heterocycles. The zero-order valence-electron chi connectivity index (χ0n) is 13.6. The van der Waals surface area contributed by atoms with Crippen LogP contribution in [0, 0.1) is 24.6 Å². The highest BCUT2D eigenvalue weighted by Gasteiger charge is 2.29. The van der Waals surface area contributed by atoms with Gasteiger partial charge in [0, 0.05) is 17.2 Å². The fraction of sp³-hybridized carbons (Fsp3) is 0.412. The van der Waals surface area contributed by atoms with Gasteiger partial charge in [-0.15, -0.1) is 23.7 Å². The Morgan fingerprint density at radius 1 is 1.42 bits per heavy atom. The number of nitrogens with zero attached hydrogens (tertiary/aromatic N) is 1. The number of nitrogens with one attached hydrogen (secondary N) is 2. The number of amides is 1. The molecule has 0 saturated carbocycles. The molecule has 1 amide bonds. The predicted molar refractivity (Wildman–Crippen MR) is 97.5 cm³/mol. The second-order valence-corrected chi connectivity index (χ2v) is 7.11. The van der Waals surface area contributed by atoms with Crippen LogP contribution in [0.4, 0.5) is 9.52 Å². The Bertz CT molecular complexity index is 700. The SMILES string of the molecule is Cc1nc(NC(=O)C(C)C2CNC2)sc1Cc1ccc(F)cc1.Cl. The number of hydrogen-bond donors (Lipinski definition) is 2. The lowest BCUT2D eigenvalue weighted by molar-refractivity contribution is -0.121. The van der Waals surface area contributed by atoms with E-state index in [1.165, 1.54) is 23.5 Å². The van der Waals surface area contributed by atoms with Crippen molar-refractivity contribution in [1.29, 1.82) is 0 Å². The van der Waals surface area contributed by atoms with Crippen LogP contribution >= 0.6 is 23.7 Å². The summed E-state index contributed by atoms with van der Waals surface area (Å²) in [5.74, 6) is 0.191. The number of carbonyl (C=O) groups excluding carboxylic acids is 1. The minimum atomic E-state index is -0.234. The Morgan fingerprint density at radius 3 is 2.67 bits per heavy atom. The van der Waals surface area contributed by atoms with E-state index >= 15 is 0 Å². The summed E-state index contributed by atoms with van der Waals surface area (Å²) in [7, 11) is 0. The normalized spacial score (nSPS) is 15.3. The average molecular weight is 370 g/mol. The first-order valence-electron chi connectivity index (χ1n) is 7.75. The largest absolute Gasteiger partial charge is 0.316 e. The number of benzene rings is 1. The highest BCUT2D eigenvalue weighted by molar-refractivity contribution is 7.15. The minimum absolute atomic E-state index is 0. The van der Waals surface area contributed by atoms with E-state index < -0.39 is 0 Å². The monoisotopic (exact) mass is 369 g/mol. The second-order valence-electron chi connectivity index (χ2n) is 6.03. The number of anilines is 1. The number of carbonyl (C=O) groups is 1. The summed E-state index contributed by atoms with van der Waals surface area (Å²) in [5, 5.41) is 6.76. The van der Waals surface area contributed by atoms with Crippen LogP contribution < -0.4 is 10.6 Å². The van der Waals surface area contributed by atoms with Gasteiger partial charge in [0.25, 0.3) is 0 Å². The molecular formula is C17H21ClFN3OS. The van der Waals surface area contributed by atoms with E-state index in [9.17, 15) is 9.18 Å². The first-order valence-corrected chi connectivity index (χ1v) is 8.57. The lowest BCUT2D eigenvalue weighted by Gasteiger charge is -2.31. The minimum Gasteiger partial charge on any atom is -0.316 e. The van der Waals surface area contributed by atoms with Crippen molar-refractivity contribution in [3.05, 3.63) is 46.2 Å². The number of rotatable bonds is 5. The molecule has 3 rings (SSSR count). The van der Waals surface area contributed by atoms with Gasteiger partial charge in [-0.3, -0.25) is 4.79 Å². The molecule has 2 heterocycles. The highest BCUT2D eigenvalue weighted by atomic mass is 35.5. The Labute approximate surface area is 151 Å².